The average Bonchev–Trinajstić information content (AvgIpc) is 3.08. The van der Waals surface area contributed by atoms with Crippen molar-refractivity contribution in [1.82, 2.24) is 14.5 Å². The number of carbonyl (C=O) groups excluding carboxylic acids is 1. The van der Waals surface area contributed by atoms with Crippen molar-refractivity contribution in [2.45, 2.75) is 19.6 Å². The Morgan fingerprint density at radius 1 is 1.48 bits per heavy atom. The summed E-state index contributed by atoms with van der Waals surface area (Å²) in [4.78, 5) is 17.8. The highest BCUT2D eigenvalue weighted by Gasteiger charge is 2.35. The van der Waals surface area contributed by atoms with E-state index < -0.39 is 24.5 Å². The highest BCUT2D eigenvalue weighted by atomic mass is 35.5. The molecule has 3 aromatic heterocycles. The maximum Gasteiger partial charge on any atom is 0.406 e. The van der Waals surface area contributed by atoms with Gasteiger partial charge in [0, 0.05) is 18.8 Å². The van der Waals surface area contributed by atoms with E-state index in [1.54, 1.807) is 19.1 Å². The maximum atomic E-state index is 12.8. The molecule has 0 unspecified atom stereocenters. The van der Waals surface area contributed by atoms with E-state index in [0.717, 1.165) is 18.4 Å². The lowest BCUT2D eigenvalue weighted by Gasteiger charge is -2.18. The average molecular weight is 419 g/mol. The molecule has 0 N–H and O–H groups in total. The fourth-order valence-electron chi connectivity index (χ4n) is 2.85. The van der Waals surface area contributed by atoms with Gasteiger partial charge in [-0.3, -0.25) is 4.79 Å². The van der Waals surface area contributed by atoms with Crippen molar-refractivity contribution < 1.29 is 27.5 Å². The number of thiazole rings is 1. The molecule has 0 aliphatic carbocycles. The number of fused-ring (bicyclic) bond motifs is 1. The van der Waals surface area contributed by atoms with E-state index in [2.05, 4.69) is 4.98 Å². The number of carbonyl (C=O) groups is 1. The summed E-state index contributed by atoms with van der Waals surface area (Å²) in [5.41, 5.74) is 0.777. The lowest BCUT2D eigenvalue weighted by Crippen LogP contribution is -2.37. The van der Waals surface area contributed by atoms with E-state index in [0.29, 0.717) is 21.0 Å². The Hall–Kier alpha value is -2.33. The molecule has 0 saturated carbocycles. The first-order chi connectivity index (χ1) is 12.6. The topological polar surface area (TPSA) is 65.3 Å². The number of imidazole rings is 1. The monoisotopic (exact) mass is 418 g/mol. The van der Waals surface area contributed by atoms with Crippen LogP contribution in [0, 0.1) is 6.92 Å². The first-order valence-corrected chi connectivity index (χ1v) is 8.91. The van der Waals surface area contributed by atoms with Gasteiger partial charge in [0.2, 0.25) is 5.69 Å². The Kier molecular flexibility index (Phi) is 5.04. The molecule has 0 radical (unpaired) electrons. The van der Waals surface area contributed by atoms with Crippen LogP contribution in [0.4, 0.5) is 13.2 Å². The summed E-state index contributed by atoms with van der Waals surface area (Å²) >= 11 is 7.00. The molecule has 0 atom stereocenters. The molecule has 0 aromatic carbocycles. The van der Waals surface area contributed by atoms with Crippen LogP contribution in [0.2, 0.25) is 4.47 Å². The van der Waals surface area contributed by atoms with Crippen molar-refractivity contribution in [2.24, 2.45) is 0 Å². The van der Waals surface area contributed by atoms with Gasteiger partial charge in [-0.25, -0.2) is 14.0 Å². The second-order valence-electron chi connectivity index (χ2n) is 5.98. The number of halogens is 4. The van der Waals surface area contributed by atoms with Gasteiger partial charge >= 0.3 is 6.18 Å². The summed E-state index contributed by atoms with van der Waals surface area (Å²) in [7, 11) is 1.01. The maximum absolute atomic E-state index is 12.8. The minimum atomic E-state index is -4.57. The van der Waals surface area contributed by atoms with Gasteiger partial charge in [0.25, 0.3) is 11.6 Å². The van der Waals surface area contributed by atoms with Gasteiger partial charge in [-0.05, 0) is 19.1 Å². The standard InChI is InChI=1S/C16H14ClF3N4O2S/c1-9-4-3-5-23-12(9)24(7-10-6-21-15(17)27-10)11(14(23)26)13(25)22(2)8-16(18,19)20/h3-6H,7-8H2,1-2H3. The highest BCUT2D eigenvalue weighted by Crippen LogP contribution is 2.25. The predicted molar refractivity (Wildman–Crippen MR) is 91.0 cm³/mol. The summed E-state index contributed by atoms with van der Waals surface area (Å²) in [5.74, 6) is -1.68. The van der Waals surface area contributed by atoms with Gasteiger partial charge in [-0.15, -0.1) is 11.3 Å². The number of aromatic nitrogens is 3. The van der Waals surface area contributed by atoms with Crippen molar-refractivity contribution in [3.8, 4) is 5.88 Å². The molecule has 6 nitrogen and oxygen atoms in total. The number of pyridine rings is 1. The van der Waals surface area contributed by atoms with Crippen LogP contribution in [0.5, 0.6) is 5.88 Å². The first kappa shape index (κ1) is 19.4. The van der Waals surface area contributed by atoms with E-state index in [1.165, 1.54) is 21.4 Å². The van der Waals surface area contributed by atoms with Crippen LogP contribution >= 0.6 is 22.9 Å². The van der Waals surface area contributed by atoms with Gasteiger partial charge in [0.1, 0.15) is 19.0 Å². The lowest BCUT2D eigenvalue weighted by atomic mass is 10.3. The van der Waals surface area contributed by atoms with E-state index in [4.69, 9.17) is 11.6 Å². The van der Waals surface area contributed by atoms with Gasteiger partial charge in [0.05, 0.1) is 11.1 Å². The van der Waals surface area contributed by atoms with Gasteiger partial charge in [-0.1, -0.05) is 11.6 Å². The van der Waals surface area contributed by atoms with E-state index in [1.807, 2.05) is 0 Å². The molecular formula is C16H14ClF3N4O2S. The SMILES string of the molecule is Cc1ccc[n+]2c([O-])c(C(=O)N(C)CC(F)(F)F)n(Cc3cnc(Cl)s3)c12. The van der Waals surface area contributed by atoms with Crippen molar-refractivity contribution >= 4 is 34.5 Å². The predicted octanol–water partition coefficient (Wildman–Crippen LogP) is 2.40. The summed E-state index contributed by atoms with van der Waals surface area (Å²) in [6.07, 6.45) is -1.60. The van der Waals surface area contributed by atoms with Crippen molar-refractivity contribution in [2.75, 3.05) is 13.6 Å². The van der Waals surface area contributed by atoms with Gasteiger partial charge < -0.3 is 10.0 Å². The van der Waals surface area contributed by atoms with Crippen LogP contribution in [0.3, 0.4) is 0 Å². The van der Waals surface area contributed by atoms with Crippen LogP contribution in [-0.4, -0.2) is 40.1 Å². The number of hydrogen-bond donors (Lipinski definition) is 0. The van der Waals surface area contributed by atoms with Gasteiger partial charge in [0.15, 0.2) is 4.47 Å². The number of alkyl halides is 3. The summed E-state index contributed by atoms with van der Waals surface area (Å²) in [6, 6.07) is 3.38. The van der Waals surface area contributed by atoms with E-state index >= 15 is 0 Å². The Balaban J connectivity index is 2.16. The highest BCUT2D eigenvalue weighted by molar-refractivity contribution is 7.15. The van der Waals surface area contributed by atoms with Crippen LogP contribution in [-0.2, 0) is 6.54 Å². The molecule has 0 fully saturated rings. The minimum Gasteiger partial charge on any atom is -0.839 e. The minimum absolute atomic E-state index is 0.0852. The molecule has 0 saturated heterocycles. The summed E-state index contributed by atoms with van der Waals surface area (Å²) < 4.78 is 41.0. The largest absolute Gasteiger partial charge is 0.839 e. The number of rotatable bonds is 4. The molecule has 3 aromatic rings. The first-order valence-electron chi connectivity index (χ1n) is 7.71. The second kappa shape index (κ2) is 7.01. The molecule has 144 valence electrons. The molecule has 27 heavy (non-hydrogen) atoms. The fraction of sp³-hybridized carbons (Fsp3) is 0.312. The quantitative estimate of drug-likeness (QED) is 0.611. The van der Waals surface area contributed by atoms with Crippen molar-refractivity contribution in [3.63, 3.8) is 0 Å². The van der Waals surface area contributed by atoms with E-state index in [-0.39, 0.29) is 16.7 Å². The molecule has 3 heterocycles. The normalized spacial score (nSPS) is 11.9. The molecule has 0 spiro atoms. The van der Waals surface area contributed by atoms with Gasteiger partial charge in [-0.2, -0.15) is 13.2 Å². The van der Waals surface area contributed by atoms with Crippen molar-refractivity contribution in [3.05, 3.63) is 45.1 Å². The third kappa shape index (κ3) is 3.86. The summed E-state index contributed by atoms with van der Waals surface area (Å²) in [6.45, 7) is 0.378. The zero-order chi connectivity index (χ0) is 19.9. The molecule has 0 aliphatic heterocycles. The molecule has 0 bridgehead atoms. The van der Waals surface area contributed by atoms with E-state index in [9.17, 15) is 23.1 Å². The Labute approximate surface area is 161 Å². The zero-order valence-electron chi connectivity index (χ0n) is 14.2. The lowest BCUT2D eigenvalue weighted by molar-refractivity contribution is -0.583. The summed E-state index contributed by atoms with van der Waals surface area (Å²) in [5, 5.41) is 12.8. The molecular weight excluding hydrogens is 405 g/mol. The third-order valence-corrected chi connectivity index (χ3v) is 5.01. The number of hydrogen-bond acceptors (Lipinski definition) is 4. The Morgan fingerprint density at radius 3 is 2.78 bits per heavy atom. The fourth-order valence-corrected chi connectivity index (χ4v) is 3.81. The van der Waals surface area contributed by atoms with Crippen LogP contribution in [0.15, 0.2) is 24.5 Å². The van der Waals surface area contributed by atoms with Crippen LogP contribution in [0.25, 0.3) is 5.65 Å². The second-order valence-corrected chi connectivity index (χ2v) is 7.68. The number of nitrogens with zero attached hydrogens (tertiary/aromatic N) is 4. The smallest absolute Gasteiger partial charge is 0.406 e. The third-order valence-electron chi connectivity index (χ3n) is 3.91. The molecule has 1 amide bonds. The molecule has 11 heteroatoms. The number of aryl methyl sites for hydroxylation is 1. The molecule has 3 rings (SSSR count). The van der Waals surface area contributed by atoms with Crippen molar-refractivity contribution in [1.29, 1.82) is 0 Å². The molecule has 0 aliphatic rings. The van der Waals surface area contributed by atoms with Crippen LogP contribution in [0.1, 0.15) is 20.9 Å². The Morgan fingerprint density at radius 2 is 2.19 bits per heavy atom. The van der Waals surface area contributed by atoms with Crippen LogP contribution < -0.4 is 9.51 Å². The zero-order valence-corrected chi connectivity index (χ0v) is 15.8. The number of amides is 1. The Bertz CT molecular complexity index is 1020.